The lowest BCUT2D eigenvalue weighted by Gasteiger charge is -2.18. The van der Waals surface area contributed by atoms with Crippen LogP contribution in [0.5, 0.6) is 0 Å². The van der Waals surface area contributed by atoms with E-state index in [9.17, 15) is 13.2 Å². The van der Waals surface area contributed by atoms with Crippen LogP contribution in [-0.4, -0.2) is 31.1 Å². The number of sulfonamides is 1. The van der Waals surface area contributed by atoms with Crippen LogP contribution >= 0.6 is 0 Å². The summed E-state index contributed by atoms with van der Waals surface area (Å²) < 4.78 is 27.7. The second kappa shape index (κ2) is 6.72. The van der Waals surface area contributed by atoms with Gasteiger partial charge in [0.1, 0.15) is 0 Å². The number of benzene rings is 1. The predicted molar refractivity (Wildman–Crippen MR) is 101 cm³/mol. The first-order valence-electron chi connectivity index (χ1n) is 8.91. The number of anilines is 2. The molecule has 4 rings (SSSR count). The Morgan fingerprint density at radius 2 is 2.00 bits per heavy atom. The van der Waals surface area contributed by atoms with E-state index in [2.05, 4.69) is 9.71 Å². The van der Waals surface area contributed by atoms with Crippen molar-refractivity contribution in [2.75, 3.05) is 16.2 Å². The molecule has 7 heteroatoms. The van der Waals surface area contributed by atoms with E-state index in [1.807, 2.05) is 12.1 Å². The van der Waals surface area contributed by atoms with E-state index in [-0.39, 0.29) is 11.2 Å². The van der Waals surface area contributed by atoms with Gasteiger partial charge in [-0.3, -0.25) is 14.5 Å². The molecular weight excluding hydrogens is 350 g/mol. The number of fused-ring (bicyclic) bond motifs is 1. The Hall–Kier alpha value is -2.41. The van der Waals surface area contributed by atoms with Crippen molar-refractivity contribution in [3.8, 4) is 0 Å². The van der Waals surface area contributed by atoms with Crippen LogP contribution in [0.25, 0.3) is 0 Å². The highest BCUT2D eigenvalue weighted by molar-refractivity contribution is 7.93. The molecule has 1 aliphatic carbocycles. The van der Waals surface area contributed by atoms with Crippen molar-refractivity contribution in [1.29, 1.82) is 0 Å². The minimum absolute atomic E-state index is 0.0869. The van der Waals surface area contributed by atoms with Gasteiger partial charge in [0, 0.05) is 30.3 Å². The van der Waals surface area contributed by atoms with Crippen molar-refractivity contribution < 1.29 is 13.2 Å². The molecule has 0 saturated heterocycles. The molecule has 0 radical (unpaired) electrons. The second-order valence-corrected chi connectivity index (χ2v) is 8.81. The summed E-state index contributed by atoms with van der Waals surface area (Å²) in [7, 11) is -3.34. The molecule has 0 spiro atoms. The molecular formula is C19H21N3O3S. The Labute approximate surface area is 153 Å². The standard InChI is InChI=1S/C19H21N3O3S/c23-19(15-4-3-10-20-13-15)22-11-9-14-12-16(7-8-18(14)22)21-26(24,25)17-5-1-2-6-17/h3-4,7-8,10,12-13,17,21H,1-2,5-6,9,11H2. The minimum Gasteiger partial charge on any atom is -0.308 e. The first kappa shape index (κ1) is 17.0. The van der Waals surface area contributed by atoms with Crippen LogP contribution in [0.15, 0.2) is 42.7 Å². The molecule has 2 aromatic rings. The van der Waals surface area contributed by atoms with Crippen LogP contribution in [0.1, 0.15) is 41.6 Å². The average molecular weight is 371 g/mol. The SMILES string of the molecule is O=C(c1cccnc1)N1CCc2cc(NS(=O)(=O)C3CCCC3)ccc21. The van der Waals surface area contributed by atoms with Gasteiger partial charge in [0.25, 0.3) is 5.91 Å². The molecule has 1 aromatic heterocycles. The Balaban J connectivity index is 1.54. The summed E-state index contributed by atoms with van der Waals surface area (Å²) in [5, 5.41) is -0.292. The predicted octanol–water partition coefficient (Wildman–Crippen LogP) is 2.97. The Morgan fingerprint density at radius 3 is 2.73 bits per heavy atom. The number of aromatic nitrogens is 1. The van der Waals surface area contributed by atoms with E-state index >= 15 is 0 Å². The van der Waals surface area contributed by atoms with Gasteiger partial charge in [0.15, 0.2) is 0 Å². The van der Waals surface area contributed by atoms with E-state index in [1.54, 1.807) is 35.5 Å². The molecule has 2 heterocycles. The van der Waals surface area contributed by atoms with E-state index in [4.69, 9.17) is 0 Å². The molecule has 1 N–H and O–H groups in total. The highest BCUT2D eigenvalue weighted by Crippen LogP contribution is 2.33. The maximum absolute atomic E-state index is 12.7. The van der Waals surface area contributed by atoms with Gasteiger partial charge in [0.05, 0.1) is 10.8 Å². The number of hydrogen-bond acceptors (Lipinski definition) is 4. The summed E-state index contributed by atoms with van der Waals surface area (Å²) in [5.74, 6) is -0.0869. The summed E-state index contributed by atoms with van der Waals surface area (Å²) in [6.07, 6.45) is 7.31. The van der Waals surface area contributed by atoms with Gasteiger partial charge >= 0.3 is 0 Å². The number of rotatable bonds is 4. The number of carbonyl (C=O) groups excluding carboxylic acids is 1. The number of amides is 1. The summed E-state index contributed by atoms with van der Waals surface area (Å²) in [6, 6.07) is 8.89. The lowest BCUT2D eigenvalue weighted by Crippen LogP contribution is -2.28. The van der Waals surface area contributed by atoms with Crippen molar-refractivity contribution in [3.63, 3.8) is 0 Å². The van der Waals surface area contributed by atoms with Crippen LogP contribution < -0.4 is 9.62 Å². The lowest BCUT2D eigenvalue weighted by atomic mass is 10.1. The summed E-state index contributed by atoms with van der Waals surface area (Å²) in [6.45, 7) is 0.585. The second-order valence-electron chi connectivity index (χ2n) is 6.85. The molecule has 0 bridgehead atoms. The van der Waals surface area contributed by atoms with Crippen molar-refractivity contribution in [1.82, 2.24) is 4.98 Å². The van der Waals surface area contributed by atoms with Crippen molar-refractivity contribution in [3.05, 3.63) is 53.9 Å². The molecule has 26 heavy (non-hydrogen) atoms. The molecule has 1 saturated carbocycles. The van der Waals surface area contributed by atoms with Crippen LogP contribution in [0, 0.1) is 0 Å². The zero-order chi connectivity index (χ0) is 18.1. The van der Waals surface area contributed by atoms with Gasteiger partial charge in [0.2, 0.25) is 10.0 Å². The molecule has 0 atom stereocenters. The third-order valence-electron chi connectivity index (χ3n) is 5.13. The van der Waals surface area contributed by atoms with Crippen LogP contribution in [0.4, 0.5) is 11.4 Å². The molecule has 0 unspecified atom stereocenters. The molecule has 1 aliphatic heterocycles. The largest absolute Gasteiger partial charge is 0.308 e. The van der Waals surface area contributed by atoms with Gasteiger partial charge < -0.3 is 4.90 Å². The smallest absolute Gasteiger partial charge is 0.259 e. The highest BCUT2D eigenvalue weighted by Gasteiger charge is 2.30. The number of carbonyl (C=O) groups is 1. The molecule has 1 aromatic carbocycles. The third-order valence-corrected chi connectivity index (χ3v) is 7.00. The van der Waals surface area contributed by atoms with E-state index in [1.165, 1.54) is 0 Å². The van der Waals surface area contributed by atoms with Gasteiger partial charge in [-0.25, -0.2) is 8.42 Å². The maximum Gasteiger partial charge on any atom is 0.259 e. The van der Waals surface area contributed by atoms with Gasteiger partial charge in [-0.2, -0.15) is 0 Å². The number of hydrogen-bond donors (Lipinski definition) is 1. The van der Waals surface area contributed by atoms with E-state index < -0.39 is 10.0 Å². The highest BCUT2D eigenvalue weighted by atomic mass is 32.2. The quantitative estimate of drug-likeness (QED) is 0.896. The number of nitrogens with zero attached hydrogens (tertiary/aromatic N) is 2. The van der Waals surface area contributed by atoms with Gasteiger partial charge in [-0.1, -0.05) is 12.8 Å². The Bertz CT molecular complexity index is 922. The number of pyridine rings is 1. The third kappa shape index (κ3) is 3.19. The van der Waals surface area contributed by atoms with Crippen LogP contribution in [0.3, 0.4) is 0 Å². The summed E-state index contributed by atoms with van der Waals surface area (Å²) in [4.78, 5) is 18.4. The Morgan fingerprint density at radius 1 is 1.19 bits per heavy atom. The zero-order valence-electron chi connectivity index (χ0n) is 14.4. The van der Waals surface area contributed by atoms with Gasteiger partial charge in [-0.05, 0) is 55.2 Å². The fraction of sp³-hybridized carbons (Fsp3) is 0.368. The molecule has 1 amide bonds. The van der Waals surface area contributed by atoms with Crippen LogP contribution in [-0.2, 0) is 16.4 Å². The van der Waals surface area contributed by atoms with E-state index in [0.717, 1.165) is 36.9 Å². The first-order valence-corrected chi connectivity index (χ1v) is 10.5. The van der Waals surface area contributed by atoms with Crippen molar-refractivity contribution >= 4 is 27.3 Å². The average Bonchev–Trinajstić information content (AvgIpc) is 3.31. The summed E-state index contributed by atoms with van der Waals surface area (Å²) in [5.41, 5.74) is 2.94. The monoisotopic (exact) mass is 371 g/mol. The minimum atomic E-state index is -3.34. The first-order chi connectivity index (χ1) is 12.5. The van der Waals surface area contributed by atoms with Crippen LogP contribution in [0.2, 0.25) is 0 Å². The van der Waals surface area contributed by atoms with Crippen molar-refractivity contribution in [2.45, 2.75) is 37.4 Å². The topological polar surface area (TPSA) is 79.4 Å². The molecule has 1 fully saturated rings. The molecule has 136 valence electrons. The van der Waals surface area contributed by atoms with Gasteiger partial charge in [-0.15, -0.1) is 0 Å². The maximum atomic E-state index is 12.7. The normalized spacial score (nSPS) is 17.3. The summed E-state index contributed by atoms with van der Waals surface area (Å²) >= 11 is 0. The zero-order valence-corrected chi connectivity index (χ0v) is 15.2. The lowest BCUT2D eigenvalue weighted by molar-refractivity contribution is 0.0989. The Kier molecular flexibility index (Phi) is 4.40. The number of nitrogens with one attached hydrogen (secondary N) is 1. The molecule has 6 nitrogen and oxygen atoms in total. The van der Waals surface area contributed by atoms with Crippen molar-refractivity contribution in [2.24, 2.45) is 0 Å². The fourth-order valence-electron chi connectivity index (χ4n) is 3.77. The molecule has 2 aliphatic rings. The fourth-order valence-corrected chi connectivity index (χ4v) is 5.34. The van der Waals surface area contributed by atoms with E-state index in [0.29, 0.717) is 24.2 Å².